The molecule has 0 radical (unpaired) electrons. The van der Waals surface area contributed by atoms with Crippen molar-refractivity contribution in [2.75, 3.05) is 40.4 Å². The summed E-state index contributed by atoms with van der Waals surface area (Å²) >= 11 is 14.4. The van der Waals surface area contributed by atoms with E-state index in [2.05, 4.69) is 32.6 Å². The smallest absolute Gasteiger partial charge is 0.237 e. The first-order chi connectivity index (χ1) is 25.2. The fourth-order valence-corrected chi connectivity index (χ4v) is 9.86. The zero-order valence-electron chi connectivity index (χ0n) is 29.2. The van der Waals surface area contributed by atoms with Crippen LogP contribution in [0.15, 0.2) is 54.7 Å². The van der Waals surface area contributed by atoms with Crippen LogP contribution in [0.25, 0.3) is 33.5 Å². The molecular weight excluding hydrogens is 699 g/mol. The summed E-state index contributed by atoms with van der Waals surface area (Å²) in [7, 11) is 3.33. The Kier molecular flexibility index (Phi) is 8.22. The fraction of sp³-hybridized carbons (Fsp3) is 0.400. The Hall–Kier alpha value is -4.22. The number of ether oxygens (including phenoxy) is 2. The number of rotatable bonds is 8. The Morgan fingerprint density at radius 1 is 0.827 bits per heavy atom. The first-order valence-corrected chi connectivity index (χ1v) is 18.7. The van der Waals surface area contributed by atoms with Gasteiger partial charge in [-0.2, -0.15) is 0 Å². The molecule has 2 spiro atoms. The average Bonchev–Trinajstić information content (AvgIpc) is 3.84. The van der Waals surface area contributed by atoms with E-state index < -0.39 is 0 Å². The van der Waals surface area contributed by atoms with E-state index in [0.717, 1.165) is 91.1 Å². The molecule has 0 saturated carbocycles. The highest BCUT2D eigenvalue weighted by Crippen LogP contribution is 2.49. The third-order valence-corrected chi connectivity index (χ3v) is 12.5. The maximum absolute atomic E-state index is 11.9. The zero-order valence-corrected chi connectivity index (χ0v) is 30.7. The van der Waals surface area contributed by atoms with Gasteiger partial charge in [0.05, 0.1) is 47.2 Å². The van der Waals surface area contributed by atoms with Crippen LogP contribution in [0.5, 0.6) is 11.6 Å². The summed E-state index contributed by atoms with van der Waals surface area (Å²) in [5.74, 6) is 1.60. The number of likely N-dealkylation sites (tertiary alicyclic amines) is 2. The number of benzene rings is 3. The summed E-state index contributed by atoms with van der Waals surface area (Å²) in [5.41, 5.74) is 7.92. The Bertz CT molecular complexity index is 2130. The van der Waals surface area contributed by atoms with Crippen molar-refractivity contribution in [2.45, 2.75) is 62.2 Å². The molecule has 9 rings (SSSR count). The van der Waals surface area contributed by atoms with Crippen molar-refractivity contribution in [2.24, 2.45) is 0 Å². The third-order valence-electron chi connectivity index (χ3n) is 11.7. The number of fused-ring (bicyclic) bond motifs is 1. The fourth-order valence-electron chi connectivity index (χ4n) is 9.20. The van der Waals surface area contributed by atoms with Crippen LogP contribution >= 0.6 is 23.2 Å². The number of aromatic nitrogens is 2. The molecule has 10 nitrogen and oxygen atoms in total. The topological polar surface area (TPSA) is 109 Å². The first kappa shape index (κ1) is 33.6. The van der Waals surface area contributed by atoms with E-state index in [-0.39, 0.29) is 28.9 Å². The van der Waals surface area contributed by atoms with Gasteiger partial charge in [0.25, 0.3) is 0 Å². The molecule has 5 heterocycles. The summed E-state index contributed by atoms with van der Waals surface area (Å²) in [6.07, 6.45) is 6.70. The second-order valence-corrected chi connectivity index (χ2v) is 15.8. The molecule has 3 aromatic carbocycles. The molecule has 0 bridgehead atoms. The van der Waals surface area contributed by atoms with Gasteiger partial charge in [-0.25, -0.2) is 4.98 Å². The molecule has 4 fully saturated rings. The van der Waals surface area contributed by atoms with Gasteiger partial charge in [-0.1, -0.05) is 65.7 Å². The minimum Gasteiger partial charge on any atom is -0.496 e. The highest BCUT2D eigenvalue weighted by atomic mass is 35.5. The second kappa shape index (κ2) is 12.7. The summed E-state index contributed by atoms with van der Waals surface area (Å²) < 4.78 is 11.7. The van der Waals surface area contributed by atoms with E-state index >= 15 is 0 Å². The second-order valence-electron chi connectivity index (χ2n) is 15.1. The van der Waals surface area contributed by atoms with E-state index in [9.17, 15) is 9.59 Å². The van der Waals surface area contributed by atoms with Crippen molar-refractivity contribution in [1.29, 1.82) is 0 Å². The molecule has 2 N–H and O–H groups in total. The van der Waals surface area contributed by atoms with Gasteiger partial charge in [-0.15, -0.1) is 0 Å². The van der Waals surface area contributed by atoms with E-state index in [1.807, 2.05) is 36.4 Å². The number of hydrogen-bond donors (Lipinski definition) is 2. The summed E-state index contributed by atoms with van der Waals surface area (Å²) in [5, 5.41) is 7.46. The van der Waals surface area contributed by atoms with Crippen LogP contribution in [-0.4, -0.2) is 83.1 Å². The summed E-state index contributed by atoms with van der Waals surface area (Å²) in [4.78, 5) is 38.0. The quantitative estimate of drug-likeness (QED) is 0.220. The van der Waals surface area contributed by atoms with E-state index in [1.165, 1.54) is 11.1 Å². The van der Waals surface area contributed by atoms with Crippen LogP contribution < -0.4 is 20.1 Å². The lowest BCUT2D eigenvalue weighted by Gasteiger charge is -2.51. The summed E-state index contributed by atoms with van der Waals surface area (Å²) in [6, 6.07) is 16.5. The van der Waals surface area contributed by atoms with Crippen LogP contribution in [0.1, 0.15) is 55.0 Å². The number of methoxy groups -OCH3 is 2. The number of nitrogens with one attached hydrogen (secondary N) is 2. The van der Waals surface area contributed by atoms with Gasteiger partial charge in [0.2, 0.25) is 17.7 Å². The van der Waals surface area contributed by atoms with Crippen LogP contribution in [-0.2, 0) is 22.6 Å². The van der Waals surface area contributed by atoms with E-state index in [1.54, 1.807) is 20.4 Å². The maximum atomic E-state index is 11.9. The van der Waals surface area contributed by atoms with Crippen molar-refractivity contribution in [1.82, 2.24) is 30.4 Å². The van der Waals surface area contributed by atoms with Crippen molar-refractivity contribution < 1.29 is 19.1 Å². The van der Waals surface area contributed by atoms with Gasteiger partial charge in [0.15, 0.2) is 0 Å². The largest absolute Gasteiger partial charge is 0.496 e. The number of carbonyl (C=O) groups excluding carboxylic acids is 2. The van der Waals surface area contributed by atoms with Crippen molar-refractivity contribution in [3.05, 3.63) is 81.6 Å². The van der Waals surface area contributed by atoms with Crippen molar-refractivity contribution in [3.8, 4) is 45.1 Å². The molecule has 52 heavy (non-hydrogen) atoms. The molecule has 4 saturated heterocycles. The molecule has 2 amide bonds. The monoisotopic (exact) mass is 738 g/mol. The Labute approximate surface area is 312 Å². The number of nitrogens with zero attached hydrogens (tertiary/aromatic N) is 4. The predicted octanol–water partition coefficient (Wildman–Crippen LogP) is 6.22. The molecule has 12 heteroatoms. The number of carbonyl (C=O) groups is 2. The first-order valence-electron chi connectivity index (χ1n) is 17.9. The van der Waals surface area contributed by atoms with Crippen molar-refractivity contribution in [3.63, 3.8) is 0 Å². The zero-order chi connectivity index (χ0) is 35.8. The lowest BCUT2D eigenvalue weighted by molar-refractivity contribution is -0.121. The van der Waals surface area contributed by atoms with Crippen LogP contribution in [0, 0.1) is 0 Å². The lowest BCUT2D eigenvalue weighted by atomic mass is 9.85. The molecule has 0 unspecified atom stereocenters. The van der Waals surface area contributed by atoms with Crippen LogP contribution in [0.2, 0.25) is 10.0 Å². The number of hydrogen-bond acceptors (Lipinski definition) is 8. The number of halogens is 2. The molecule has 1 atom stereocenters. The SMILES string of the molecule is COc1cc(-c2cccc(-c3cccc(-c4cnc(CN5CC6(CCC(=O)N6)C5)c(OC)n4)c3Cl)c2Cl)cc2c1[C@@H](N1CC3(CCC(=O)N3)C1)CC2. The maximum Gasteiger partial charge on any atom is 0.237 e. The molecule has 1 aliphatic carbocycles. The highest BCUT2D eigenvalue weighted by Gasteiger charge is 2.51. The predicted molar refractivity (Wildman–Crippen MR) is 200 cm³/mol. The lowest BCUT2D eigenvalue weighted by Crippen LogP contribution is -2.67. The van der Waals surface area contributed by atoms with Gasteiger partial charge in [-0.3, -0.25) is 24.4 Å². The van der Waals surface area contributed by atoms with Crippen LogP contribution in [0.4, 0.5) is 0 Å². The van der Waals surface area contributed by atoms with Crippen molar-refractivity contribution >= 4 is 35.0 Å². The third kappa shape index (κ3) is 5.62. The van der Waals surface area contributed by atoms with Crippen LogP contribution in [0.3, 0.4) is 0 Å². The normalized spacial score (nSPS) is 21.5. The highest BCUT2D eigenvalue weighted by molar-refractivity contribution is 6.39. The minimum absolute atomic E-state index is 0.0588. The molecule has 4 aliphatic heterocycles. The Morgan fingerprint density at radius 2 is 1.46 bits per heavy atom. The van der Waals surface area contributed by atoms with Gasteiger partial charge in [0, 0.05) is 79.4 Å². The molecule has 1 aromatic heterocycles. The molecule has 4 aromatic rings. The molecule has 268 valence electrons. The van der Waals surface area contributed by atoms with Gasteiger partial charge >= 0.3 is 0 Å². The number of amides is 2. The van der Waals surface area contributed by atoms with E-state index in [4.69, 9.17) is 42.6 Å². The van der Waals surface area contributed by atoms with Gasteiger partial charge in [0.1, 0.15) is 11.4 Å². The Balaban J connectivity index is 0.973. The average molecular weight is 740 g/mol. The van der Waals surface area contributed by atoms with E-state index in [0.29, 0.717) is 41.0 Å². The molecule has 5 aliphatic rings. The summed E-state index contributed by atoms with van der Waals surface area (Å²) in [6.45, 7) is 3.92. The Morgan fingerprint density at radius 3 is 2.10 bits per heavy atom. The molecular formula is C40H40Cl2N6O4. The van der Waals surface area contributed by atoms with Gasteiger partial charge < -0.3 is 20.1 Å². The minimum atomic E-state index is -0.102. The number of aryl methyl sites for hydroxylation is 1. The van der Waals surface area contributed by atoms with Gasteiger partial charge in [-0.05, 0) is 42.9 Å². The standard InChI is InChI=1S/C40H40Cl2N6O4/c1-51-32-16-24(15-23-9-10-31(35(23)32)48-21-40(22-48)14-12-34(50)46-40)25-5-3-6-26(36(25)41)27-7-4-8-28(37(27)42)29-17-43-30(38(44-29)52-2)18-47-19-39(20-47)13-11-33(49)45-39/h3-8,15-17,31H,9-14,18-22H2,1-2H3,(H,45,49)(H,46,50)/t31-/m0/s1.